The van der Waals surface area contributed by atoms with Crippen LogP contribution in [-0.2, 0) is 13.2 Å². The third kappa shape index (κ3) is 3.91. The van der Waals surface area contributed by atoms with E-state index in [1.807, 2.05) is 6.92 Å². The second-order valence-corrected chi connectivity index (χ2v) is 6.91. The van der Waals surface area contributed by atoms with Gasteiger partial charge >= 0.3 is 0 Å². The lowest BCUT2D eigenvalue weighted by Gasteiger charge is -2.13. The van der Waals surface area contributed by atoms with Gasteiger partial charge in [0.05, 0.1) is 17.3 Å². The maximum absolute atomic E-state index is 13.4. The van der Waals surface area contributed by atoms with Crippen LogP contribution in [0.25, 0.3) is 0 Å². The van der Waals surface area contributed by atoms with Gasteiger partial charge in [0.25, 0.3) is 0 Å². The number of rotatable bonds is 6. The first kappa shape index (κ1) is 17.1. The van der Waals surface area contributed by atoms with E-state index >= 15 is 0 Å². The van der Waals surface area contributed by atoms with Crippen LogP contribution < -0.4 is 5.32 Å². The molecule has 2 rings (SSSR count). The van der Waals surface area contributed by atoms with Crippen molar-refractivity contribution in [2.75, 3.05) is 0 Å². The Morgan fingerprint density at radius 1 is 1.32 bits per heavy atom. The van der Waals surface area contributed by atoms with Crippen molar-refractivity contribution in [3.05, 3.63) is 50.7 Å². The van der Waals surface area contributed by atoms with Crippen LogP contribution in [0, 0.1) is 12.7 Å². The number of thiazole rings is 1. The minimum Gasteiger partial charge on any atom is -0.392 e. The molecule has 0 aliphatic heterocycles. The number of aromatic nitrogens is 1. The first-order chi connectivity index (χ1) is 10.4. The Kier molecular flexibility index (Phi) is 5.67. The molecule has 1 atom stereocenters. The molecule has 0 fully saturated rings. The van der Waals surface area contributed by atoms with Crippen LogP contribution in [0.4, 0.5) is 4.39 Å². The van der Waals surface area contributed by atoms with Crippen LogP contribution >= 0.6 is 11.3 Å². The van der Waals surface area contributed by atoms with E-state index in [1.54, 1.807) is 23.5 Å². The Hall–Kier alpha value is -1.30. The van der Waals surface area contributed by atoms with Gasteiger partial charge in [0.2, 0.25) is 0 Å². The van der Waals surface area contributed by atoms with Crippen molar-refractivity contribution >= 4 is 11.3 Å². The van der Waals surface area contributed by atoms with E-state index in [-0.39, 0.29) is 18.5 Å². The number of hydrogen-bond donors (Lipinski definition) is 2. The van der Waals surface area contributed by atoms with Gasteiger partial charge in [0, 0.05) is 28.9 Å². The Morgan fingerprint density at radius 3 is 2.64 bits per heavy atom. The van der Waals surface area contributed by atoms with Gasteiger partial charge < -0.3 is 10.4 Å². The van der Waals surface area contributed by atoms with Crippen molar-refractivity contribution in [1.82, 2.24) is 10.3 Å². The summed E-state index contributed by atoms with van der Waals surface area (Å²) in [6.45, 7) is 8.80. The second kappa shape index (κ2) is 7.31. The number of aryl methyl sites for hydroxylation is 1. The van der Waals surface area contributed by atoms with Gasteiger partial charge in [-0.2, -0.15) is 0 Å². The largest absolute Gasteiger partial charge is 0.392 e. The molecule has 1 unspecified atom stereocenters. The average molecular weight is 322 g/mol. The molecule has 1 aromatic carbocycles. The molecule has 3 nitrogen and oxygen atoms in total. The molecule has 1 heterocycles. The number of aliphatic hydroxyl groups is 1. The second-order valence-electron chi connectivity index (χ2n) is 5.84. The lowest BCUT2D eigenvalue weighted by molar-refractivity contribution is 0.275. The molecule has 0 spiro atoms. The van der Waals surface area contributed by atoms with Crippen LogP contribution in [0.1, 0.15) is 59.4 Å². The maximum Gasteiger partial charge on any atom is 0.128 e. The van der Waals surface area contributed by atoms with E-state index in [2.05, 4.69) is 31.1 Å². The van der Waals surface area contributed by atoms with Gasteiger partial charge in [-0.15, -0.1) is 11.3 Å². The molecule has 0 bridgehead atoms. The monoisotopic (exact) mass is 322 g/mol. The van der Waals surface area contributed by atoms with Gasteiger partial charge in [-0.1, -0.05) is 19.9 Å². The summed E-state index contributed by atoms with van der Waals surface area (Å²) in [6, 6.07) is 5.04. The standard InChI is InChI=1S/C17H23FN2OS/c1-10(2)17-20-12(4)16(22-17)11(3)19-8-13-5-6-15(18)14(7-13)9-21/h5-7,10-11,19,21H,8-9H2,1-4H3. The number of nitrogens with zero attached hydrogens (tertiary/aromatic N) is 1. The Labute approximate surface area is 135 Å². The molecule has 0 radical (unpaired) electrons. The fraction of sp³-hybridized carbons (Fsp3) is 0.471. The van der Waals surface area contributed by atoms with E-state index in [1.165, 1.54) is 10.9 Å². The van der Waals surface area contributed by atoms with Gasteiger partial charge in [-0.05, 0) is 31.5 Å². The number of hydrogen-bond acceptors (Lipinski definition) is 4. The summed E-state index contributed by atoms with van der Waals surface area (Å²) in [7, 11) is 0. The molecular formula is C17H23FN2OS. The van der Waals surface area contributed by atoms with Crippen LogP contribution in [0.2, 0.25) is 0 Å². The van der Waals surface area contributed by atoms with Crippen LogP contribution in [-0.4, -0.2) is 10.1 Å². The lowest BCUT2D eigenvalue weighted by Crippen LogP contribution is -2.18. The Balaban J connectivity index is 2.05. The number of benzene rings is 1. The highest BCUT2D eigenvalue weighted by molar-refractivity contribution is 7.11. The first-order valence-corrected chi connectivity index (χ1v) is 8.32. The fourth-order valence-corrected chi connectivity index (χ4v) is 3.40. The SMILES string of the molecule is Cc1nc(C(C)C)sc1C(C)NCc1ccc(F)c(CO)c1. The molecule has 0 saturated heterocycles. The van der Waals surface area contributed by atoms with Crippen LogP contribution in [0.5, 0.6) is 0 Å². The van der Waals surface area contributed by atoms with E-state index in [0.717, 1.165) is 16.3 Å². The minimum absolute atomic E-state index is 0.188. The predicted molar refractivity (Wildman–Crippen MR) is 88.5 cm³/mol. The summed E-state index contributed by atoms with van der Waals surface area (Å²) in [6.07, 6.45) is 0. The molecule has 22 heavy (non-hydrogen) atoms. The van der Waals surface area contributed by atoms with Crippen molar-refractivity contribution in [3.63, 3.8) is 0 Å². The van der Waals surface area contributed by atoms with Crippen LogP contribution in [0.15, 0.2) is 18.2 Å². The molecule has 120 valence electrons. The maximum atomic E-state index is 13.4. The summed E-state index contributed by atoms with van der Waals surface area (Å²) < 4.78 is 13.4. The van der Waals surface area contributed by atoms with E-state index in [0.29, 0.717) is 18.0 Å². The van der Waals surface area contributed by atoms with E-state index in [9.17, 15) is 4.39 Å². The van der Waals surface area contributed by atoms with Gasteiger partial charge in [-0.25, -0.2) is 9.37 Å². The fourth-order valence-electron chi connectivity index (χ4n) is 2.30. The van der Waals surface area contributed by atoms with E-state index in [4.69, 9.17) is 5.11 Å². The Bertz CT molecular complexity index is 640. The summed E-state index contributed by atoms with van der Waals surface area (Å²) in [5, 5.41) is 13.7. The van der Waals surface area contributed by atoms with E-state index < -0.39 is 0 Å². The van der Waals surface area contributed by atoms with Crippen molar-refractivity contribution in [2.24, 2.45) is 0 Å². The van der Waals surface area contributed by atoms with Crippen LogP contribution in [0.3, 0.4) is 0 Å². The first-order valence-electron chi connectivity index (χ1n) is 7.51. The lowest BCUT2D eigenvalue weighted by atomic mass is 10.1. The molecule has 2 aromatic rings. The quantitative estimate of drug-likeness (QED) is 0.843. The number of nitrogens with one attached hydrogen (secondary N) is 1. The number of aliphatic hydroxyl groups excluding tert-OH is 1. The summed E-state index contributed by atoms with van der Waals surface area (Å²) in [5.41, 5.74) is 2.37. The molecular weight excluding hydrogens is 299 g/mol. The predicted octanol–water partition coefficient (Wildman–Crippen LogP) is 4.06. The van der Waals surface area contributed by atoms with Crippen molar-refractivity contribution in [2.45, 2.75) is 52.8 Å². The highest BCUT2D eigenvalue weighted by Crippen LogP contribution is 2.29. The molecule has 0 amide bonds. The third-order valence-electron chi connectivity index (χ3n) is 3.63. The molecule has 0 aliphatic rings. The molecule has 1 aromatic heterocycles. The van der Waals surface area contributed by atoms with Crippen molar-refractivity contribution in [1.29, 1.82) is 0 Å². The molecule has 0 saturated carbocycles. The molecule has 0 aliphatic carbocycles. The number of halogens is 1. The highest BCUT2D eigenvalue weighted by atomic mass is 32.1. The van der Waals surface area contributed by atoms with Gasteiger partial charge in [-0.3, -0.25) is 0 Å². The minimum atomic E-state index is -0.362. The third-order valence-corrected chi connectivity index (χ3v) is 5.27. The zero-order valence-electron chi connectivity index (χ0n) is 13.5. The molecule has 5 heteroatoms. The Morgan fingerprint density at radius 2 is 2.05 bits per heavy atom. The summed E-state index contributed by atoms with van der Waals surface area (Å²) >= 11 is 1.75. The summed E-state index contributed by atoms with van der Waals surface area (Å²) in [5.74, 6) is 0.0769. The highest BCUT2D eigenvalue weighted by Gasteiger charge is 2.15. The molecule has 2 N–H and O–H groups in total. The topological polar surface area (TPSA) is 45.2 Å². The smallest absolute Gasteiger partial charge is 0.128 e. The normalized spacial score (nSPS) is 12.9. The van der Waals surface area contributed by atoms with Crippen molar-refractivity contribution in [3.8, 4) is 0 Å². The zero-order valence-corrected chi connectivity index (χ0v) is 14.3. The average Bonchev–Trinajstić information content (AvgIpc) is 2.88. The summed E-state index contributed by atoms with van der Waals surface area (Å²) in [4.78, 5) is 5.86. The zero-order chi connectivity index (χ0) is 16.3. The van der Waals surface area contributed by atoms with Gasteiger partial charge in [0.15, 0.2) is 0 Å². The van der Waals surface area contributed by atoms with Crippen molar-refractivity contribution < 1.29 is 9.50 Å². The van der Waals surface area contributed by atoms with Gasteiger partial charge in [0.1, 0.15) is 5.82 Å².